The second-order valence-electron chi connectivity index (χ2n) is 11.2. The number of rotatable bonds is 9. The lowest BCUT2D eigenvalue weighted by atomic mass is 9.89. The van der Waals surface area contributed by atoms with Crippen molar-refractivity contribution in [3.8, 4) is 35.2 Å². The van der Waals surface area contributed by atoms with Crippen LogP contribution in [0.5, 0.6) is 11.5 Å². The van der Waals surface area contributed by atoms with E-state index in [0.29, 0.717) is 29.0 Å². The van der Waals surface area contributed by atoms with Crippen LogP contribution in [0.2, 0.25) is 0 Å². The second-order valence-corrected chi connectivity index (χ2v) is 11.2. The van der Waals surface area contributed by atoms with E-state index in [0.717, 1.165) is 74.0 Å². The van der Waals surface area contributed by atoms with Gasteiger partial charge in [0, 0.05) is 49.9 Å². The molecule has 1 fully saturated rings. The van der Waals surface area contributed by atoms with Gasteiger partial charge in [0.05, 0.1) is 42.6 Å². The molecule has 0 spiro atoms. The predicted molar refractivity (Wildman–Crippen MR) is 155 cm³/mol. The van der Waals surface area contributed by atoms with Crippen LogP contribution >= 0.6 is 0 Å². The van der Waals surface area contributed by atoms with Gasteiger partial charge in [0.2, 0.25) is 6.36 Å². The Bertz CT molecular complexity index is 1620. The van der Waals surface area contributed by atoms with Crippen LogP contribution in [0.15, 0.2) is 36.8 Å². The van der Waals surface area contributed by atoms with Crippen molar-refractivity contribution >= 4 is 5.52 Å². The van der Waals surface area contributed by atoms with Gasteiger partial charge in [-0.2, -0.15) is 10.2 Å². The first-order valence-electron chi connectivity index (χ1n) is 14.6. The van der Waals surface area contributed by atoms with Crippen LogP contribution in [-0.2, 0) is 13.1 Å². The fourth-order valence-corrected chi connectivity index (χ4v) is 6.22. The summed E-state index contributed by atoms with van der Waals surface area (Å²) in [5.41, 5.74) is 4.45. The van der Waals surface area contributed by atoms with Gasteiger partial charge in [-0.3, -0.25) is 14.6 Å². The Kier molecular flexibility index (Phi) is 8.19. The lowest BCUT2D eigenvalue weighted by molar-refractivity contribution is 0.0866. The van der Waals surface area contributed by atoms with Crippen LogP contribution in [0.1, 0.15) is 55.7 Å². The average molecular weight is 592 g/mol. The summed E-state index contributed by atoms with van der Waals surface area (Å²) in [6.07, 6.45) is 11.6. The molecule has 1 aliphatic carbocycles. The fraction of sp³-hybridized carbons (Fsp3) is 0.452. The highest BCUT2D eigenvalue weighted by atomic mass is 19.1. The van der Waals surface area contributed by atoms with Crippen molar-refractivity contribution < 1.29 is 23.4 Å². The van der Waals surface area contributed by atoms with Crippen molar-refractivity contribution in [2.45, 2.75) is 77.2 Å². The van der Waals surface area contributed by atoms with Crippen molar-refractivity contribution in [3.63, 3.8) is 0 Å². The molecule has 0 aromatic carbocycles. The highest BCUT2D eigenvalue weighted by Gasteiger charge is 2.31. The Balaban J connectivity index is 1.32. The molecule has 2 aliphatic rings. The SMILES string of the molecule is C#CNC1CCC(N2CCn3nc(-c4cc(O[C@H](CO)c5ccc(F)cn5)c5c(OC(C)F)cnn5c4)c(C)c3C2)CC1. The number of nitrogens with zero attached hydrogens (tertiary/aromatic N) is 6. The first-order chi connectivity index (χ1) is 20.8. The van der Waals surface area contributed by atoms with Crippen LogP contribution in [0.3, 0.4) is 0 Å². The lowest BCUT2D eigenvalue weighted by Gasteiger charge is -2.39. The number of pyridine rings is 2. The molecular weight excluding hydrogens is 556 g/mol. The molecule has 10 nitrogen and oxygen atoms in total. The molecule has 12 heteroatoms. The molecule has 2 atom stereocenters. The number of terminal acetylenes is 1. The third-order valence-corrected chi connectivity index (χ3v) is 8.39. The van der Waals surface area contributed by atoms with Gasteiger partial charge >= 0.3 is 0 Å². The molecule has 4 aromatic rings. The summed E-state index contributed by atoms with van der Waals surface area (Å²) >= 11 is 0. The fourth-order valence-electron chi connectivity index (χ4n) is 6.22. The zero-order valence-corrected chi connectivity index (χ0v) is 24.2. The van der Waals surface area contributed by atoms with E-state index in [1.165, 1.54) is 25.3 Å². The number of fused-ring (bicyclic) bond motifs is 2. The number of aliphatic hydroxyl groups is 1. The van der Waals surface area contributed by atoms with E-state index in [1.807, 2.05) is 0 Å². The Morgan fingerprint density at radius 1 is 1.16 bits per heavy atom. The van der Waals surface area contributed by atoms with Gasteiger partial charge in [0.25, 0.3) is 0 Å². The number of hydrogen-bond donors (Lipinski definition) is 2. The van der Waals surface area contributed by atoms with Gasteiger partial charge in [0.15, 0.2) is 23.1 Å². The molecule has 43 heavy (non-hydrogen) atoms. The molecule has 0 amide bonds. The van der Waals surface area contributed by atoms with Gasteiger partial charge in [-0.15, -0.1) is 0 Å². The molecule has 4 aromatic heterocycles. The van der Waals surface area contributed by atoms with E-state index in [4.69, 9.17) is 21.0 Å². The summed E-state index contributed by atoms with van der Waals surface area (Å²) in [7, 11) is 0. The lowest BCUT2D eigenvalue weighted by Crippen LogP contribution is -2.45. The van der Waals surface area contributed by atoms with Crippen LogP contribution in [0, 0.1) is 25.2 Å². The summed E-state index contributed by atoms with van der Waals surface area (Å²) in [6, 6.07) is 7.97. The summed E-state index contributed by atoms with van der Waals surface area (Å²) in [5, 5.41) is 22.7. The largest absolute Gasteiger partial charge is 0.479 e. The number of halogens is 2. The predicted octanol–water partition coefficient (Wildman–Crippen LogP) is 4.15. The van der Waals surface area contributed by atoms with Crippen molar-refractivity contribution in [3.05, 3.63) is 59.6 Å². The smallest absolute Gasteiger partial charge is 0.236 e. The van der Waals surface area contributed by atoms with Gasteiger partial charge < -0.3 is 19.9 Å². The average Bonchev–Trinajstić information content (AvgIpc) is 3.56. The summed E-state index contributed by atoms with van der Waals surface area (Å²) in [5.74, 6) is -0.0243. The molecule has 5 heterocycles. The number of alkyl halides is 1. The Morgan fingerprint density at radius 3 is 2.67 bits per heavy atom. The monoisotopic (exact) mass is 591 g/mol. The van der Waals surface area contributed by atoms with E-state index < -0.39 is 24.9 Å². The standard InChI is InChI=1S/C31H35F2N7O3/c1-4-34-23-6-8-24(9-7-23)38-11-12-39-26(17-38)19(2)30(37-39)21-13-27(31-28(42-20(3)32)15-36-40(31)16-21)43-29(18-41)25-10-5-22(33)14-35-25/h1,5,10,13-16,20,23-24,29,34,41H,6-9,11-12,17-18H2,2-3H3/t20?,23?,24?,29-/m1/s1. The maximum atomic E-state index is 13.9. The molecule has 6 rings (SSSR count). The van der Waals surface area contributed by atoms with Crippen molar-refractivity contribution in [2.75, 3.05) is 13.2 Å². The zero-order chi connectivity index (χ0) is 30.1. The van der Waals surface area contributed by atoms with E-state index >= 15 is 0 Å². The Labute approximate surface area is 248 Å². The quantitative estimate of drug-likeness (QED) is 0.221. The zero-order valence-electron chi connectivity index (χ0n) is 24.2. The molecule has 2 N–H and O–H groups in total. The summed E-state index contributed by atoms with van der Waals surface area (Å²) < 4.78 is 42.7. The van der Waals surface area contributed by atoms with E-state index in [9.17, 15) is 13.9 Å². The number of aromatic nitrogens is 5. The number of ether oxygens (including phenoxy) is 2. The van der Waals surface area contributed by atoms with E-state index in [-0.39, 0.29) is 5.75 Å². The van der Waals surface area contributed by atoms with E-state index in [1.54, 1.807) is 16.8 Å². The third kappa shape index (κ3) is 5.87. The maximum Gasteiger partial charge on any atom is 0.236 e. The minimum atomic E-state index is -1.58. The van der Waals surface area contributed by atoms with Crippen molar-refractivity contribution in [1.29, 1.82) is 0 Å². The molecule has 1 unspecified atom stereocenters. The number of aliphatic hydroxyl groups excluding tert-OH is 1. The van der Waals surface area contributed by atoms with Crippen LogP contribution in [0.4, 0.5) is 8.78 Å². The number of hydrogen-bond acceptors (Lipinski definition) is 8. The second kappa shape index (κ2) is 12.2. The van der Waals surface area contributed by atoms with E-state index in [2.05, 4.69) is 37.9 Å². The molecular formula is C31H35F2N7O3. The molecule has 226 valence electrons. The first kappa shape index (κ1) is 28.9. The Morgan fingerprint density at radius 2 is 1.98 bits per heavy atom. The minimum absolute atomic E-state index is 0.184. The van der Waals surface area contributed by atoms with Crippen molar-refractivity contribution in [1.82, 2.24) is 34.6 Å². The molecule has 0 bridgehead atoms. The summed E-state index contributed by atoms with van der Waals surface area (Å²) in [6.45, 7) is 5.42. The van der Waals surface area contributed by atoms with Gasteiger partial charge in [-0.1, -0.05) is 6.42 Å². The first-order valence-corrected chi connectivity index (χ1v) is 14.6. The van der Waals surface area contributed by atoms with Crippen LogP contribution in [0.25, 0.3) is 16.8 Å². The molecule has 0 saturated heterocycles. The normalized spacial score (nSPS) is 20.3. The third-order valence-electron chi connectivity index (χ3n) is 8.39. The maximum absolute atomic E-state index is 13.9. The highest BCUT2D eigenvalue weighted by molar-refractivity contribution is 5.75. The number of nitrogens with one attached hydrogen (secondary N) is 1. The topological polar surface area (TPSA) is 102 Å². The Hall–Kier alpha value is -4.21. The summed E-state index contributed by atoms with van der Waals surface area (Å²) in [4.78, 5) is 6.63. The molecule has 1 saturated carbocycles. The van der Waals surface area contributed by atoms with Crippen molar-refractivity contribution in [2.24, 2.45) is 0 Å². The van der Waals surface area contributed by atoms with Crippen LogP contribution < -0.4 is 14.8 Å². The highest BCUT2D eigenvalue weighted by Crippen LogP contribution is 2.38. The molecule has 0 radical (unpaired) electrons. The van der Waals surface area contributed by atoms with Crippen LogP contribution in [-0.4, -0.2) is 66.0 Å². The van der Waals surface area contributed by atoms with Gasteiger partial charge in [0.1, 0.15) is 5.82 Å². The molecule has 1 aliphatic heterocycles. The minimum Gasteiger partial charge on any atom is -0.479 e. The van der Waals surface area contributed by atoms with Gasteiger partial charge in [-0.25, -0.2) is 13.3 Å². The van der Waals surface area contributed by atoms with Gasteiger partial charge in [-0.05, 0) is 56.4 Å².